The molecule has 0 amide bonds. The van der Waals surface area contributed by atoms with Crippen LogP contribution in [-0.2, 0) is 0 Å². The second-order valence-electron chi connectivity index (χ2n) is 18.4. The van der Waals surface area contributed by atoms with E-state index in [0.29, 0.717) is 0 Å². The lowest BCUT2D eigenvalue weighted by Gasteiger charge is -2.29. The maximum atomic E-state index is 2.42. The highest BCUT2D eigenvalue weighted by Gasteiger charge is 2.21. The number of anilines is 3. The van der Waals surface area contributed by atoms with E-state index in [1.54, 1.807) is 0 Å². The first-order chi connectivity index (χ1) is 35.7. The van der Waals surface area contributed by atoms with E-state index in [4.69, 9.17) is 0 Å². The topological polar surface area (TPSA) is 8.17 Å². The number of hydrogen-bond donors (Lipinski definition) is 0. The highest BCUT2D eigenvalue weighted by molar-refractivity contribution is 6.10. The van der Waals surface area contributed by atoms with Gasteiger partial charge in [-0.05, 0) is 127 Å². The maximum absolute atomic E-state index is 2.42. The van der Waals surface area contributed by atoms with Crippen LogP contribution in [0.5, 0.6) is 0 Å². The van der Waals surface area contributed by atoms with Crippen LogP contribution in [0.15, 0.2) is 291 Å². The molecular weight excluding hydrogens is 869 g/mol. The summed E-state index contributed by atoms with van der Waals surface area (Å²) in [6, 6.07) is 106. The third-order valence-corrected chi connectivity index (χ3v) is 14.3. The van der Waals surface area contributed by atoms with Gasteiger partial charge < -0.3 is 9.47 Å². The zero-order chi connectivity index (χ0) is 47.8. The number of hydrogen-bond acceptors (Lipinski definition) is 1. The molecule has 12 aromatic carbocycles. The lowest BCUT2D eigenvalue weighted by Crippen LogP contribution is -2.11. The van der Waals surface area contributed by atoms with Crippen molar-refractivity contribution < 1.29 is 0 Å². The summed E-state index contributed by atoms with van der Waals surface area (Å²) in [7, 11) is 0. The summed E-state index contributed by atoms with van der Waals surface area (Å²) < 4.78 is 2.39. The SMILES string of the molecule is c1ccc(-c2ccccc2-c2ccccc2-c2ccccc2N(c2ccc(-c3ccc(-c4cccc5ccccc45)cc3)cc2)c2ccc(-c3ccc4c5ccccc5n(-c5ccccc5)c4c3)cc2)cc1. The van der Waals surface area contributed by atoms with Gasteiger partial charge in [-0.25, -0.2) is 0 Å². The molecule has 0 spiro atoms. The molecule has 13 aromatic rings. The molecule has 0 aliphatic rings. The number of aromatic nitrogens is 1. The Bertz CT molecular complexity index is 4050. The Morgan fingerprint density at radius 3 is 1.36 bits per heavy atom. The second kappa shape index (κ2) is 18.4. The average Bonchev–Trinajstić information content (AvgIpc) is 3.80. The minimum Gasteiger partial charge on any atom is -0.310 e. The summed E-state index contributed by atoms with van der Waals surface area (Å²) in [6.07, 6.45) is 0. The Labute approximate surface area is 420 Å². The van der Waals surface area contributed by atoms with Crippen LogP contribution in [0.2, 0.25) is 0 Å². The second-order valence-corrected chi connectivity index (χ2v) is 18.4. The van der Waals surface area contributed by atoms with E-state index >= 15 is 0 Å². The quantitative estimate of drug-likeness (QED) is 0.133. The van der Waals surface area contributed by atoms with E-state index in [-0.39, 0.29) is 0 Å². The van der Waals surface area contributed by atoms with Crippen LogP contribution >= 0.6 is 0 Å². The van der Waals surface area contributed by atoms with E-state index < -0.39 is 0 Å². The van der Waals surface area contributed by atoms with Gasteiger partial charge in [0.1, 0.15) is 0 Å². The molecule has 0 fully saturated rings. The number of benzene rings is 12. The molecule has 0 atom stereocenters. The third-order valence-electron chi connectivity index (χ3n) is 14.3. The van der Waals surface area contributed by atoms with Crippen molar-refractivity contribution in [3.8, 4) is 72.4 Å². The van der Waals surface area contributed by atoms with Crippen molar-refractivity contribution in [2.45, 2.75) is 0 Å². The summed E-state index contributed by atoms with van der Waals surface area (Å²) in [5.41, 5.74) is 21.0. The van der Waals surface area contributed by atoms with E-state index in [1.807, 2.05) is 0 Å². The molecule has 1 aromatic heterocycles. The number of para-hydroxylation sites is 3. The van der Waals surface area contributed by atoms with E-state index in [2.05, 4.69) is 301 Å². The van der Waals surface area contributed by atoms with Crippen LogP contribution in [-0.4, -0.2) is 4.57 Å². The van der Waals surface area contributed by atoms with Crippen molar-refractivity contribution >= 4 is 49.6 Å². The summed E-state index contributed by atoms with van der Waals surface area (Å²) in [6.45, 7) is 0. The van der Waals surface area contributed by atoms with Gasteiger partial charge in [0.25, 0.3) is 0 Å². The molecule has 0 unspecified atom stereocenters. The molecule has 0 saturated heterocycles. The molecule has 2 nitrogen and oxygen atoms in total. The fourth-order valence-corrected chi connectivity index (χ4v) is 10.8. The van der Waals surface area contributed by atoms with Gasteiger partial charge in [0, 0.05) is 33.4 Å². The number of rotatable bonds is 10. The fourth-order valence-electron chi connectivity index (χ4n) is 10.8. The lowest BCUT2D eigenvalue weighted by molar-refractivity contribution is 1.18. The molecule has 1 heterocycles. The smallest absolute Gasteiger partial charge is 0.0547 e. The average molecular weight is 917 g/mol. The van der Waals surface area contributed by atoms with E-state index in [1.165, 1.54) is 82.6 Å². The van der Waals surface area contributed by atoms with Crippen molar-refractivity contribution in [2.75, 3.05) is 4.90 Å². The van der Waals surface area contributed by atoms with Crippen molar-refractivity contribution in [3.63, 3.8) is 0 Å². The molecule has 13 rings (SSSR count). The standard InChI is InChI=1S/C70H48N2/c1-3-18-52(19-4-1)61-25-9-10-26-62(61)63-27-11-12-28-64(63)65-29-13-15-32-68(65)71(57-43-38-50(39-44-57)49-34-36-54(37-35-49)60-31-17-21-53-20-7-8-24-59(53)60)58-45-40-51(41-46-58)55-42-47-67-66-30-14-16-33-69(66)72(70(67)48-55)56-22-5-2-6-23-56/h1-48H. The minimum atomic E-state index is 1.07. The Morgan fingerprint density at radius 2 is 0.667 bits per heavy atom. The van der Waals surface area contributed by atoms with Gasteiger partial charge in [-0.1, -0.05) is 237 Å². The zero-order valence-corrected chi connectivity index (χ0v) is 39.6. The Morgan fingerprint density at radius 1 is 0.236 bits per heavy atom. The highest BCUT2D eigenvalue weighted by Crippen LogP contribution is 2.46. The van der Waals surface area contributed by atoms with Crippen molar-refractivity contribution in [1.82, 2.24) is 4.57 Å². The first kappa shape index (κ1) is 42.6. The summed E-state index contributed by atoms with van der Waals surface area (Å²) in [5.74, 6) is 0. The molecule has 0 bridgehead atoms. The normalized spacial score (nSPS) is 11.3. The monoisotopic (exact) mass is 916 g/mol. The van der Waals surface area contributed by atoms with E-state index in [0.717, 1.165) is 39.4 Å². The minimum absolute atomic E-state index is 1.07. The van der Waals surface area contributed by atoms with Crippen LogP contribution in [0, 0.1) is 0 Å². The Balaban J connectivity index is 0.919. The Hall–Kier alpha value is -9.50. The predicted molar refractivity (Wildman–Crippen MR) is 306 cm³/mol. The molecule has 0 aliphatic carbocycles. The van der Waals surface area contributed by atoms with Gasteiger partial charge in [-0.3, -0.25) is 0 Å². The van der Waals surface area contributed by atoms with Gasteiger partial charge >= 0.3 is 0 Å². The highest BCUT2D eigenvalue weighted by atomic mass is 15.1. The Kier molecular flexibility index (Phi) is 10.9. The predicted octanol–water partition coefficient (Wildman–Crippen LogP) is 19.4. The molecule has 338 valence electrons. The van der Waals surface area contributed by atoms with Crippen LogP contribution in [0.4, 0.5) is 17.1 Å². The van der Waals surface area contributed by atoms with Crippen LogP contribution in [0.25, 0.3) is 105 Å². The van der Waals surface area contributed by atoms with Gasteiger partial charge in [0.15, 0.2) is 0 Å². The fraction of sp³-hybridized carbons (Fsp3) is 0. The number of nitrogens with zero attached hydrogens (tertiary/aromatic N) is 2. The van der Waals surface area contributed by atoms with Crippen molar-refractivity contribution in [3.05, 3.63) is 291 Å². The summed E-state index contributed by atoms with van der Waals surface area (Å²) in [5, 5.41) is 5.01. The van der Waals surface area contributed by atoms with E-state index in [9.17, 15) is 0 Å². The summed E-state index contributed by atoms with van der Waals surface area (Å²) in [4.78, 5) is 2.42. The van der Waals surface area contributed by atoms with Gasteiger partial charge in [-0.15, -0.1) is 0 Å². The van der Waals surface area contributed by atoms with Gasteiger partial charge in [0.2, 0.25) is 0 Å². The van der Waals surface area contributed by atoms with Crippen LogP contribution in [0.3, 0.4) is 0 Å². The number of fused-ring (bicyclic) bond motifs is 4. The first-order valence-electron chi connectivity index (χ1n) is 24.7. The largest absolute Gasteiger partial charge is 0.310 e. The summed E-state index contributed by atoms with van der Waals surface area (Å²) >= 11 is 0. The molecule has 2 heteroatoms. The maximum Gasteiger partial charge on any atom is 0.0547 e. The van der Waals surface area contributed by atoms with Gasteiger partial charge in [0.05, 0.1) is 16.7 Å². The van der Waals surface area contributed by atoms with Crippen LogP contribution in [0.1, 0.15) is 0 Å². The first-order valence-corrected chi connectivity index (χ1v) is 24.7. The lowest BCUT2D eigenvalue weighted by atomic mass is 9.88. The molecule has 0 aliphatic heterocycles. The molecule has 0 saturated carbocycles. The zero-order valence-electron chi connectivity index (χ0n) is 39.6. The van der Waals surface area contributed by atoms with Gasteiger partial charge in [-0.2, -0.15) is 0 Å². The van der Waals surface area contributed by atoms with Crippen molar-refractivity contribution in [1.29, 1.82) is 0 Å². The van der Waals surface area contributed by atoms with Crippen molar-refractivity contribution in [2.24, 2.45) is 0 Å². The molecule has 72 heavy (non-hydrogen) atoms. The third kappa shape index (κ3) is 7.73. The molecule has 0 N–H and O–H groups in total. The molecular formula is C70H48N2. The molecule has 0 radical (unpaired) electrons. The van der Waals surface area contributed by atoms with Crippen LogP contribution < -0.4 is 4.90 Å².